The quantitative estimate of drug-likeness (QED) is 0.0848. The molecule has 0 aromatic heterocycles. The molecule has 0 aliphatic heterocycles. The molecule has 0 heterocycles. The summed E-state index contributed by atoms with van der Waals surface area (Å²) in [6.45, 7) is -0.00747. The van der Waals surface area contributed by atoms with Crippen LogP contribution in [-0.2, 0) is 0 Å². The molecule has 0 atom stereocenters. The standard InChI is InChI=1S/C74H46BSe/c76-68-44-32-51-30-40-65-55(39-29-50-31-41-67(68)73(51)72(50)65)45-23-33-52(34-24-45)75(54-37-27-49(28-38-54)71-60-17-6-4-15-58(60)69(47-11-2-1-3-12-47)59-16-5-7-18-61(59)71)53-35-25-46(26-36-53)56-42-43-66-63-20-9-14-48-13-8-19-62(70(48)63)64-22-10-21-57(56)74(64)66/h2,4-44H,1,3H2. The van der Waals surface area contributed by atoms with Crippen molar-refractivity contribution in [1.29, 1.82) is 0 Å². The van der Waals surface area contributed by atoms with Crippen LogP contribution in [0.2, 0.25) is 0 Å². The first-order valence-corrected chi connectivity index (χ1v) is 27.6. The molecule has 76 heavy (non-hydrogen) atoms. The summed E-state index contributed by atoms with van der Waals surface area (Å²) in [7, 11) is 0. The third kappa shape index (κ3) is 6.58. The van der Waals surface area contributed by atoms with E-state index in [1.807, 2.05) is 0 Å². The van der Waals surface area contributed by atoms with Gasteiger partial charge in [-0.1, -0.05) is 182 Å². The maximum atomic E-state index is 3.31. The number of fused-ring (bicyclic) bond motifs is 4. The summed E-state index contributed by atoms with van der Waals surface area (Å²) in [6.07, 6.45) is 9.23. The molecule has 0 unspecified atom stereocenters. The van der Waals surface area contributed by atoms with Crippen molar-refractivity contribution < 1.29 is 0 Å². The van der Waals surface area contributed by atoms with Crippen LogP contribution in [0.3, 0.4) is 0 Å². The average Bonchev–Trinajstić information content (AvgIpc) is 3.60. The van der Waals surface area contributed by atoms with E-state index in [1.54, 1.807) is 0 Å². The predicted octanol–water partition coefficient (Wildman–Crippen LogP) is 17.0. The Bertz CT molecular complexity index is 4800. The van der Waals surface area contributed by atoms with E-state index in [1.165, 1.54) is 162 Å². The fourth-order valence-corrected chi connectivity index (χ4v) is 14.1. The molecule has 2 heteroatoms. The fourth-order valence-electron chi connectivity index (χ4n) is 13.6. The maximum absolute atomic E-state index is 3.31. The summed E-state index contributed by atoms with van der Waals surface area (Å²) in [4.78, 5) is 0. The molecule has 1 aliphatic rings. The molecule has 15 aromatic carbocycles. The Morgan fingerprint density at radius 3 is 1.30 bits per heavy atom. The Hall–Kier alpha value is -8.78. The van der Waals surface area contributed by atoms with E-state index in [9.17, 15) is 0 Å². The first kappa shape index (κ1) is 43.6. The monoisotopic (exact) mass is 1030 g/mol. The van der Waals surface area contributed by atoms with E-state index in [-0.39, 0.29) is 6.71 Å². The molecule has 0 saturated heterocycles. The van der Waals surface area contributed by atoms with Crippen LogP contribution >= 0.6 is 0 Å². The van der Waals surface area contributed by atoms with Crippen LogP contribution in [0.4, 0.5) is 0 Å². The van der Waals surface area contributed by atoms with Gasteiger partial charge in [0.2, 0.25) is 0 Å². The number of hydrogen-bond donors (Lipinski definition) is 0. The van der Waals surface area contributed by atoms with E-state index >= 15 is 0 Å². The Balaban J connectivity index is 0.837. The molecule has 0 fully saturated rings. The topological polar surface area (TPSA) is 0 Å². The second kappa shape index (κ2) is 17.1. The molecule has 1 aliphatic carbocycles. The molecular weight excluding hydrogens is 979 g/mol. The van der Waals surface area contributed by atoms with Crippen molar-refractivity contribution in [1.82, 2.24) is 0 Å². The molecule has 0 N–H and O–H groups in total. The first-order valence-electron chi connectivity index (χ1n) is 26.7. The van der Waals surface area contributed by atoms with Gasteiger partial charge in [0.15, 0.2) is 0 Å². The zero-order chi connectivity index (χ0) is 50.0. The molecule has 1 radical (unpaired) electrons. The molecule has 0 nitrogen and oxygen atoms in total. The zero-order valence-corrected chi connectivity index (χ0v) is 43.4. The van der Waals surface area contributed by atoms with E-state index in [2.05, 4.69) is 271 Å². The van der Waals surface area contributed by atoms with Gasteiger partial charge in [0, 0.05) is 0 Å². The van der Waals surface area contributed by atoms with Crippen LogP contribution in [0.15, 0.2) is 255 Å². The van der Waals surface area contributed by atoms with Crippen LogP contribution in [0.5, 0.6) is 0 Å². The van der Waals surface area contributed by atoms with Gasteiger partial charge in [-0.15, -0.1) is 0 Å². The summed E-state index contributed by atoms with van der Waals surface area (Å²) >= 11 is 3.31. The number of hydrogen-bond acceptors (Lipinski definition) is 0. The summed E-state index contributed by atoms with van der Waals surface area (Å²) in [5.41, 5.74) is 13.9. The van der Waals surface area contributed by atoms with Gasteiger partial charge >= 0.3 is 160 Å². The van der Waals surface area contributed by atoms with Crippen molar-refractivity contribution >= 4 is 146 Å². The molecule has 0 spiro atoms. The molecule has 0 bridgehead atoms. The summed E-state index contributed by atoms with van der Waals surface area (Å²) in [6, 6.07) is 89.7. The third-order valence-electron chi connectivity index (χ3n) is 17.0. The SMILES string of the molecule is [Se]c1ccc2ccc3c(-c4ccc(B(c5ccc(-c6c7ccccc7c(C7=CCCC=C7)c7ccccc67)cc5)c5ccc(-c6ccc7c8cccc9cccc(c%10cccc6c%107)c98)cc5)cc4)ccc4ccc1c2c43. The Kier molecular flexibility index (Phi) is 9.83. The zero-order valence-electron chi connectivity index (χ0n) is 41.6. The summed E-state index contributed by atoms with van der Waals surface area (Å²) in [5.74, 6) is 0. The Labute approximate surface area is 449 Å². The second-order valence-corrected chi connectivity index (χ2v) is 21.9. The number of benzene rings is 15. The molecular formula is C74H46BSe. The number of rotatable bonds is 7. The molecule has 0 saturated carbocycles. The van der Waals surface area contributed by atoms with Crippen molar-refractivity contribution in [3.63, 3.8) is 0 Å². The van der Waals surface area contributed by atoms with Crippen LogP contribution in [0, 0.1) is 0 Å². The van der Waals surface area contributed by atoms with Crippen LogP contribution < -0.4 is 20.9 Å². The third-order valence-corrected chi connectivity index (χ3v) is 17.8. The van der Waals surface area contributed by atoms with Gasteiger partial charge in [-0.2, -0.15) is 0 Å². The van der Waals surface area contributed by atoms with Crippen molar-refractivity contribution in [2.45, 2.75) is 12.8 Å². The van der Waals surface area contributed by atoms with Crippen molar-refractivity contribution in [2.24, 2.45) is 0 Å². The normalized spacial score (nSPS) is 13.0. The van der Waals surface area contributed by atoms with Crippen LogP contribution in [0.25, 0.3) is 136 Å². The first-order chi connectivity index (χ1) is 37.6. The predicted molar refractivity (Wildman–Crippen MR) is 332 cm³/mol. The van der Waals surface area contributed by atoms with Gasteiger partial charge in [0.1, 0.15) is 0 Å². The molecule has 0 amide bonds. The van der Waals surface area contributed by atoms with Gasteiger partial charge in [0.05, 0.1) is 0 Å². The molecule has 351 valence electrons. The van der Waals surface area contributed by atoms with Gasteiger partial charge in [-0.3, -0.25) is 0 Å². The summed E-state index contributed by atoms with van der Waals surface area (Å²) < 4.78 is 1.19. The molecule has 16 rings (SSSR count). The summed E-state index contributed by atoms with van der Waals surface area (Å²) in [5, 5.41) is 23.5. The van der Waals surface area contributed by atoms with E-state index in [4.69, 9.17) is 0 Å². The van der Waals surface area contributed by atoms with Gasteiger partial charge in [0.25, 0.3) is 0 Å². The van der Waals surface area contributed by atoms with Gasteiger partial charge < -0.3 is 0 Å². The second-order valence-electron chi connectivity index (χ2n) is 21.0. The van der Waals surface area contributed by atoms with Crippen molar-refractivity contribution in [2.75, 3.05) is 0 Å². The van der Waals surface area contributed by atoms with Gasteiger partial charge in [-0.25, -0.2) is 0 Å². The van der Waals surface area contributed by atoms with Gasteiger partial charge in [-0.05, 0) is 111 Å². The Morgan fingerprint density at radius 1 is 0.289 bits per heavy atom. The van der Waals surface area contributed by atoms with E-state index in [0.29, 0.717) is 0 Å². The fraction of sp³-hybridized carbons (Fsp3) is 0.0270. The van der Waals surface area contributed by atoms with E-state index < -0.39 is 0 Å². The van der Waals surface area contributed by atoms with Crippen LogP contribution in [-0.4, -0.2) is 22.7 Å². The number of allylic oxidation sites excluding steroid dienone is 4. The van der Waals surface area contributed by atoms with Crippen molar-refractivity contribution in [3.05, 3.63) is 260 Å². The van der Waals surface area contributed by atoms with Crippen molar-refractivity contribution in [3.8, 4) is 33.4 Å². The minimum atomic E-state index is -0.00747. The average molecular weight is 1020 g/mol. The van der Waals surface area contributed by atoms with E-state index in [0.717, 1.165) is 12.8 Å². The van der Waals surface area contributed by atoms with Crippen LogP contribution in [0.1, 0.15) is 18.4 Å². The Morgan fingerprint density at radius 2 is 0.711 bits per heavy atom. The minimum absolute atomic E-state index is 0.00747. The molecule has 15 aromatic rings.